The van der Waals surface area contributed by atoms with Gasteiger partial charge in [0.15, 0.2) is 0 Å². The van der Waals surface area contributed by atoms with Crippen molar-refractivity contribution in [2.45, 2.75) is 66.7 Å². The van der Waals surface area contributed by atoms with Crippen LogP contribution < -0.4 is 0 Å². The van der Waals surface area contributed by atoms with Gasteiger partial charge >= 0.3 is 17.9 Å². The van der Waals surface area contributed by atoms with Crippen LogP contribution in [0.5, 0.6) is 0 Å². The van der Waals surface area contributed by atoms with Gasteiger partial charge in [-0.15, -0.1) is 0 Å². The van der Waals surface area contributed by atoms with Crippen LogP contribution in [0.2, 0.25) is 0 Å². The van der Waals surface area contributed by atoms with E-state index in [0.29, 0.717) is 6.42 Å². The number of hydrogen-bond donors (Lipinski definition) is 0. The second-order valence-corrected chi connectivity index (χ2v) is 7.76. The molecular formula is C20H34O6. The number of carbonyl (C=O) groups is 3. The van der Waals surface area contributed by atoms with Gasteiger partial charge in [-0.25, -0.2) is 0 Å². The molecule has 0 saturated heterocycles. The fourth-order valence-electron chi connectivity index (χ4n) is 2.55. The van der Waals surface area contributed by atoms with Crippen molar-refractivity contribution in [3.05, 3.63) is 12.7 Å². The third-order valence-electron chi connectivity index (χ3n) is 4.13. The Balaban J connectivity index is 3.96. The first-order valence-electron chi connectivity index (χ1n) is 9.13. The predicted molar refractivity (Wildman–Crippen MR) is 99.4 cm³/mol. The molecule has 6 nitrogen and oxygen atoms in total. The van der Waals surface area contributed by atoms with Crippen molar-refractivity contribution in [2.75, 3.05) is 19.8 Å². The van der Waals surface area contributed by atoms with E-state index in [1.165, 1.54) is 6.08 Å². The van der Waals surface area contributed by atoms with Crippen LogP contribution in [0.25, 0.3) is 0 Å². The van der Waals surface area contributed by atoms with E-state index in [-0.39, 0.29) is 50.0 Å². The molecule has 0 atom stereocenters. The van der Waals surface area contributed by atoms with E-state index in [9.17, 15) is 14.4 Å². The van der Waals surface area contributed by atoms with Crippen LogP contribution in [-0.4, -0.2) is 37.7 Å². The lowest BCUT2D eigenvalue weighted by Crippen LogP contribution is -2.32. The summed E-state index contributed by atoms with van der Waals surface area (Å²) in [5.74, 6) is -1.09. The number of ether oxygens (including phenoxy) is 3. The van der Waals surface area contributed by atoms with Crippen molar-refractivity contribution in [3.63, 3.8) is 0 Å². The largest absolute Gasteiger partial charge is 0.462 e. The third kappa shape index (κ3) is 10.9. The second-order valence-electron chi connectivity index (χ2n) is 7.76. The molecule has 0 spiro atoms. The Morgan fingerprint density at radius 3 is 2.00 bits per heavy atom. The van der Waals surface area contributed by atoms with Crippen LogP contribution in [0.3, 0.4) is 0 Å². The lowest BCUT2D eigenvalue weighted by molar-refractivity contribution is -0.160. The standard InChI is InChI=1S/C20H34O6/c1-7-12-24-16(21)10-9-11-17(22)25-13-14-26-18(23)20(5,6)15-19(3,4)8-2/h7H,1,8-15H2,2-6H3. The molecule has 0 saturated carbocycles. The maximum absolute atomic E-state index is 12.2. The summed E-state index contributed by atoms with van der Waals surface area (Å²) >= 11 is 0. The van der Waals surface area contributed by atoms with Crippen LogP contribution in [0.15, 0.2) is 12.7 Å². The summed E-state index contributed by atoms with van der Waals surface area (Å²) in [7, 11) is 0. The topological polar surface area (TPSA) is 78.9 Å². The summed E-state index contributed by atoms with van der Waals surface area (Å²) in [5.41, 5.74) is -0.531. The molecule has 26 heavy (non-hydrogen) atoms. The van der Waals surface area contributed by atoms with Gasteiger partial charge in [0.2, 0.25) is 0 Å². The minimum absolute atomic E-state index is 0.0126. The molecule has 0 fully saturated rings. The average molecular weight is 370 g/mol. The molecule has 0 aliphatic carbocycles. The Morgan fingerprint density at radius 2 is 1.46 bits per heavy atom. The van der Waals surface area contributed by atoms with E-state index in [2.05, 4.69) is 27.4 Å². The molecule has 6 heteroatoms. The third-order valence-corrected chi connectivity index (χ3v) is 4.13. The molecule has 0 unspecified atom stereocenters. The fraction of sp³-hybridized carbons (Fsp3) is 0.750. The van der Waals surface area contributed by atoms with Crippen molar-refractivity contribution in [2.24, 2.45) is 10.8 Å². The van der Waals surface area contributed by atoms with E-state index < -0.39 is 11.4 Å². The molecule has 0 aromatic rings. The number of esters is 3. The van der Waals surface area contributed by atoms with Crippen LogP contribution in [0, 0.1) is 10.8 Å². The van der Waals surface area contributed by atoms with Crippen LogP contribution >= 0.6 is 0 Å². The van der Waals surface area contributed by atoms with Crippen LogP contribution in [0.4, 0.5) is 0 Å². The predicted octanol–water partition coefficient (Wildman–Crippen LogP) is 3.82. The first-order valence-corrected chi connectivity index (χ1v) is 9.13. The molecule has 0 aliphatic heterocycles. The summed E-state index contributed by atoms with van der Waals surface area (Å²) in [4.78, 5) is 35.0. The first-order chi connectivity index (χ1) is 12.0. The zero-order chi connectivity index (χ0) is 20.2. The van der Waals surface area contributed by atoms with Crippen molar-refractivity contribution >= 4 is 17.9 Å². The van der Waals surface area contributed by atoms with Crippen molar-refractivity contribution in [3.8, 4) is 0 Å². The molecular weight excluding hydrogens is 336 g/mol. The molecule has 0 N–H and O–H groups in total. The highest BCUT2D eigenvalue weighted by atomic mass is 16.6. The fourth-order valence-corrected chi connectivity index (χ4v) is 2.55. The van der Waals surface area contributed by atoms with Gasteiger partial charge in [-0.3, -0.25) is 14.4 Å². The van der Waals surface area contributed by atoms with E-state index in [4.69, 9.17) is 14.2 Å². The van der Waals surface area contributed by atoms with Gasteiger partial charge in [0.1, 0.15) is 19.8 Å². The maximum Gasteiger partial charge on any atom is 0.311 e. The molecule has 0 rings (SSSR count). The number of carbonyl (C=O) groups excluding carboxylic acids is 3. The van der Waals surface area contributed by atoms with Gasteiger partial charge in [0.05, 0.1) is 5.41 Å². The van der Waals surface area contributed by atoms with Gasteiger partial charge in [-0.05, 0) is 32.1 Å². The quantitative estimate of drug-likeness (QED) is 0.212. The summed E-state index contributed by atoms with van der Waals surface area (Å²) in [6.07, 6.45) is 3.80. The van der Waals surface area contributed by atoms with E-state index >= 15 is 0 Å². The minimum atomic E-state index is -0.588. The lowest BCUT2D eigenvalue weighted by atomic mass is 9.74. The SMILES string of the molecule is C=CCOC(=O)CCCC(=O)OCCOC(=O)C(C)(C)CC(C)(C)CC. The number of hydrogen-bond acceptors (Lipinski definition) is 6. The Morgan fingerprint density at radius 1 is 0.923 bits per heavy atom. The van der Waals surface area contributed by atoms with E-state index in [1.807, 2.05) is 13.8 Å². The maximum atomic E-state index is 12.2. The van der Waals surface area contributed by atoms with Crippen molar-refractivity contribution in [1.29, 1.82) is 0 Å². The lowest BCUT2D eigenvalue weighted by Gasteiger charge is -2.32. The van der Waals surface area contributed by atoms with E-state index in [0.717, 1.165) is 12.8 Å². The normalized spacial score (nSPS) is 11.6. The highest BCUT2D eigenvalue weighted by Gasteiger charge is 2.35. The Labute approximate surface area is 157 Å². The Kier molecular flexibility index (Phi) is 10.9. The smallest absolute Gasteiger partial charge is 0.311 e. The number of rotatable bonds is 13. The zero-order valence-corrected chi connectivity index (χ0v) is 16.9. The molecule has 0 aromatic heterocycles. The Hall–Kier alpha value is -1.85. The summed E-state index contributed by atoms with van der Waals surface area (Å²) < 4.78 is 15.0. The molecule has 0 bridgehead atoms. The average Bonchev–Trinajstić information content (AvgIpc) is 2.55. The highest BCUT2D eigenvalue weighted by molar-refractivity contribution is 5.76. The summed E-state index contributed by atoms with van der Waals surface area (Å²) in [6, 6.07) is 0. The van der Waals surface area contributed by atoms with Crippen molar-refractivity contribution < 1.29 is 28.6 Å². The molecule has 0 aromatic carbocycles. The van der Waals surface area contributed by atoms with Crippen LogP contribution in [-0.2, 0) is 28.6 Å². The Bertz CT molecular complexity index is 479. The van der Waals surface area contributed by atoms with Gasteiger partial charge in [0.25, 0.3) is 0 Å². The highest BCUT2D eigenvalue weighted by Crippen LogP contribution is 2.36. The van der Waals surface area contributed by atoms with Gasteiger partial charge in [0, 0.05) is 12.8 Å². The summed E-state index contributed by atoms with van der Waals surface area (Å²) in [6.45, 7) is 13.7. The van der Waals surface area contributed by atoms with Gasteiger partial charge in [-0.2, -0.15) is 0 Å². The summed E-state index contributed by atoms with van der Waals surface area (Å²) in [5, 5.41) is 0. The van der Waals surface area contributed by atoms with E-state index in [1.54, 1.807) is 0 Å². The van der Waals surface area contributed by atoms with Crippen LogP contribution in [0.1, 0.15) is 66.7 Å². The monoisotopic (exact) mass is 370 g/mol. The first kappa shape index (κ1) is 24.1. The van der Waals surface area contributed by atoms with Gasteiger partial charge < -0.3 is 14.2 Å². The molecule has 0 heterocycles. The zero-order valence-electron chi connectivity index (χ0n) is 16.9. The molecule has 0 amide bonds. The molecule has 0 aliphatic rings. The molecule has 0 radical (unpaired) electrons. The second kappa shape index (κ2) is 11.7. The van der Waals surface area contributed by atoms with Gasteiger partial charge in [-0.1, -0.05) is 39.8 Å². The minimum Gasteiger partial charge on any atom is -0.462 e. The van der Waals surface area contributed by atoms with Crippen molar-refractivity contribution in [1.82, 2.24) is 0 Å². The molecule has 150 valence electrons.